The van der Waals surface area contributed by atoms with E-state index in [-0.39, 0.29) is 37.3 Å². The normalized spacial score (nSPS) is 21.6. The molecule has 1 aromatic carbocycles. The maximum absolute atomic E-state index is 12.4. The van der Waals surface area contributed by atoms with Crippen molar-refractivity contribution in [2.75, 3.05) is 6.61 Å². The summed E-state index contributed by atoms with van der Waals surface area (Å²) in [7, 11) is 0. The van der Waals surface area contributed by atoms with E-state index in [4.69, 9.17) is 4.74 Å². The van der Waals surface area contributed by atoms with Gasteiger partial charge in [0.2, 0.25) is 11.8 Å². The second-order valence-electron chi connectivity index (χ2n) is 7.28. The van der Waals surface area contributed by atoms with Crippen molar-refractivity contribution in [2.45, 2.75) is 44.1 Å². The van der Waals surface area contributed by atoms with Gasteiger partial charge in [-0.3, -0.25) is 14.6 Å². The fourth-order valence-corrected chi connectivity index (χ4v) is 3.35. The van der Waals surface area contributed by atoms with Crippen LogP contribution in [0.5, 0.6) is 0 Å². The molecule has 3 rings (SSSR count). The minimum Gasteiger partial charge on any atom is -0.394 e. The molecule has 30 heavy (non-hydrogen) atoms. The lowest BCUT2D eigenvalue weighted by atomic mass is 10.0. The number of pyridine rings is 1. The summed E-state index contributed by atoms with van der Waals surface area (Å²) in [5.74, 6) is -0.353. The first kappa shape index (κ1) is 21.7. The lowest BCUT2D eigenvalue weighted by Crippen LogP contribution is -2.49. The highest BCUT2D eigenvalue weighted by Gasteiger charge is 2.29. The number of benzene rings is 1. The molecule has 0 unspecified atom stereocenters. The Bertz CT molecular complexity index is 857. The number of hydrogen-bond acceptors (Lipinski definition) is 5. The molecule has 4 atom stereocenters. The average Bonchev–Trinajstić information content (AvgIpc) is 2.76. The monoisotopic (exact) mass is 409 g/mol. The molecule has 0 saturated carbocycles. The number of nitrogens with one attached hydrogen (secondary N) is 2. The van der Waals surface area contributed by atoms with Crippen LogP contribution in [-0.2, 0) is 20.7 Å². The third kappa shape index (κ3) is 6.23. The van der Waals surface area contributed by atoms with Crippen molar-refractivity contribution in [1.82, 2.24) is 15.6 Å². The van der Waals surface area contributed by atoms with Crippen molar-refractivity contribution >= 4 is 11.8 Å². The third-order valence-corrected chi connectivity index (χ3v) is 4.92. The average molecular weight is 409 g/mol. The van der Waals surface area contributed by atoms with Crippen LogP contribution in [0.25, 0.3) is 0 Å². The molecule has 1 aliphatic heterocycles. The Hall–Kier alpha value is -3.03. The Morgan fingerprint density at radius 2 is 1.87 bits per heavy atom. The molecule has 2 amide bonds. The number of rotatable bonds is 8. The Kier molecular flexibility index (Phi) is 7.70. The van der Waals surface area contributed by atoms with Gasteiger partial charge < -0.3 is 20.5 Å². The lowest BCUT2D eigenvalue weighted by Gasteiger charge is -2.31. The van der Waals surface area contributed by atoms with Crippen LogP contribution in [0.15, 0.2) is 66.9 Å². The molecule has 0 fully saturated rings. The predicted molar refractivity (Wildman–Crippen MR) is 112 cm³/mol. The van der Waals surface area contributed by atoms with E-state index in [1.165, 1.54) is 0 Å². The van der Waals surface area contributed by atoms with Crippen LogP contribution in [0.3, 0.4) is 0 Å². The zero-order valence-corrected chi connectivity index (χ0v) is 16.9. The van der Waals surface area contributed by atoms with Gasteiger partial charge in [-0.1, -0.05) is 48.6 Å². The van der Waals surface area contributed by atoms with Crippen LogP contribution in [-0.4, -0.2) is 46.8 Å². The predicted octanol–water partition coefficient (Wildman–Crippen LogP) is 1.69. The number of aliphatic hydroxyl groups is 1. The molecule has 7 heteroatoms. The highest BCUT2D eigenvalue weighted by molar-refractivity contribution is 5.79. The number of aliphatic hydroxyl groups excluding tert-OH is 1. The van der Waals surface area contributed by atoms with E-state index in [0.29, 0.717) is 5.69 Å². The fourth-order valence-electron chi connectivity index (χ4n) is 3.35. The molecule has 0 bridgehead atoms. The van der Waals surface area contributed by atoms with Crippen molar-refractivity contribution in [3.8, 4) is 0 Å². The van der Waals surface area contributed by atoms with E-state index >= 15 is 0 Å². The summed E-state index contributed by atoms with van der Waals surface area (Å²) in [6, 6.07) is 14.5. The van der Waals surface area contributed by atoms with Gasteiger partial charge in [0.1, 0.15) is 6.10 Å². The van der Waals surface area contributed by atoms with Crippen LogP contribution in [0, 0.1) is 0 Å². The highest BCUT2D eigenvalue weighted by Crippen LogP contribution is 2.17. The molecule has 158 valence electrons. The topological polar surface area (TPSA) is 101 Å². The van der Waals surface area contributed by atoms with Gasteiger partial charge in [-0.15, -0.1) is 0 Å². The van der Waals surface area contributed by atoms with Gasteiger partial charge in [-0.05, 0) is 24.6 Å². The zero-order chi connectivity index (χ0) is 21.3. The molecule has 1 aromatic heterocycles. The Labute approximate surface area is 176 Å². The van der Waals surface area contributed by atoms with Gasteiger partial charge in [0, 0.05) is 11.9 Å². The minimum atomic E-state index is -0.618. The first-order valence-electron chi connectivity index (χ1n) is 10.0. The second kappa shape index (κ2) is 10.7. The number of ether oxygens (including phenoxy) is 1. The van der Waals surface area contributed by atoms with Gasteiger partial charge in [0.25, 0.3) is 0 Å². The number of carbonyl (C=O) groups excluding carboxylic acids is 2. The number of carbonyl (C=O) groups is 2. The summed E-state index contributed by atoms with van der Waals surface area (Å²) in [5.41, 5.74) is 1.69. The number of amides is 2. The number of aromatic nitrogens is 1. The quantitative estimate of drug-likeness (QED) is 0.576. The molecule has 0 aliphatic carbocycles. The van der Waals surface area contributed by atoms with Crippen molar-refractivity contribution in [2.24, 2.45) is 0 Å². The largest absolute Gasteiger partial charge is 0.394 e. The number of nitrogens with zero attached hydrogens (tertiary/aromatic N) is 1. The standard InChI is InChI=1S/C23H27N3O4/c1-16(17-7-3-2-4-8-17)25-23(29)14-19-10-11-20(21(15-27)30-19)26-22(28)13-18-9-5-6-12-24-18/h2-12,16,19-21,27H,13-15H2,1H3,(H,25,29)(H,26,28)/t16-,19-,20+,21+/m0/s1. The summed E-state index contributed by atoms with van der Waals surface area (Å²) < 4.78 is 5.83. The molecule has 0 spiro atoms. The third-order valence-electron chi connectivity index (χ3n) is 4.92. The molecule has 2 heterocycles. The van der Waals surface area contributed by atoms with Crippen molar-refractivity contribution in [3.63, 3.8) is 0 Å². The highest BCUT2D eigenvalue weighted by atomic mass is 16.5. The van der Waals surface area contributed by atoms with Crippen molar-refractivity contribution in [3.05, 3.63) is 78.1 Å². The summed E-state index contributed by atoms with van der Waals surface area (Å²) in [5, 5.41) is 15.5. The van der Waals surface area contributed by atoms with Crippen LogP contribution >= 0.6 is 0 Å². The SMILES string of the molecule is C[C@H](NC(=O)C[C@@H]1C=C[C@@H](NC(=O)Cc2ccccn2)[C@@H](CO)O1)c1ccccc1. The molecular weight excluding hydrogens is 382 g/mol. The molecule has 1 aliphatic rings. The van der Waals surface area contributed by atoms with Crippen molar-refractivity contribution in [1.29, 1.82) is 0 Å². The summed E-state index contributed by atoms with van der Waals surface area (Å²) in [6.07, 6.45) is 4.37. The first-order valence-corrected chi connectivity index (χ1v) is 10.0. The van der Waals surface area contributed by atoms with Gasteiger partial charge >= 0.3 is 0 Å². The van der Waals surface area contributed by atoms with Gasteiger partial charge in [-0.25, -0.2) is 0 Å². The maximum Gasteiger partial charge on any atom is 0.226 e. The Morgan fingerprint density at radius 3 is 2.57 bits per heavy atom. The van der Waals surface area contributed by atoms with E-state index < -0.39 is 18.2 Å². The Morgan fingerprint density at radius 1 is 1.10 bits per heavy atom. The van der Waals surface area contributed by atoms with Gasteiger partial charge in [0.05, 0.1) is 37.6 Å². The van der Waals surface area contributed by atoms with E-state index in [0.717, 1.165) is 5.56 Å². The smallest absolute Gasteiger partial charge is 0.226 e. The van der Waals surface area contributed by atoms with Crippen LogP contribution < -0.4 is 10.6 Å². The Balaban J connectivity index is 1.51. The fraction of sp³-hybridized carbons (Fsp3) is 0.348. The molecular formula is C23H27N3O4. The van der Waals surface area contributed by atoms with E-state index in [1.807, 2.05) is 43.3 Å². The van der Waals surface area contributed by atoms with Crippen LogP contribution in [0.2, 0.25) is 0 Å². The van der Waals surface area contributed by atoms with E-state index in [2.05, 4.69) is 15.6 Å². The van der Waals surface area contributed by atoms with E-state index in [1.54, 1.807) is 30.5 Å². The lowest BCUT2D eigenvalue weighted by molar-refractivity contribution is -0.128. The first-order chi connectivity index (χ1) is 14.5. The summed E-state index contributed by atoms with van der Waals surface area (Å²) in [6.45, 7) is 1.66. The second-order valence-corrected chi connectivity index (χ2v) is 7.28. The van der Waals surface area contributed by atoms with Crippen LogP contribution in [0.4, 0.5) is 0 Å². The zero-order valence-electron chi connectivity index (χ0n) is 16.9. The summed E-state index contributed by atoms with van der Waals surface area (Å²) in [4.78, 5) is 28.8. The summed E-state index contributed by atoms with van der Waals surface area (Å²) >= 11 is 0. The minimum absolute atomic E-state index is 0.112. The van der Waals surface area contributed by atoms with Crippen LogP contribution in [0.1, 0.15) is 30.6 Å². The number of hydrogen-bond donors (Lipinski definition) is 3. The maximum atomic E-state index is 12.4. The molecule has 2 aromatic rings. The van der Waals surface area contributed by atoms with Crippen molar-refractivity contribution < 1.29 is 19.4 Å². The molecule has 3 N–H and O–H groups in total. The molecule has 0 saturated heterocycles. The van der Waals surface area contributed by atoms with Gasteiger partial charge in [0.15, 0.2) is 0 Å². The molecule has 0 radical (unpaired) electrons. The van der Waals surface area contributed by atoms with E-state index in [9.17, 15) is 14.7 Å². The molecule has 7 nitrogen and oxygen atoms in total. The van der Waals surface area contributed by atoms with Gasteiger partial charge in [-0.2, -0.15) is 0 Å².